The van der Waals surface area contributed by atoms with Crippen LogP contribution in [0.5, 0.6) is 0 Å². The molecule has 1 unspecified atom stereocenters. The maximum Gasteiger partial charge on any atom is 0.0999 e. The van der Waals surface area contributed by atoms with E-state index in [2.05, 4.69) is 4.98 Å². The number of aliphatic hydroxyl groups excluding tert-OH is 1. The van der Waals surface area contributed by atoms with Crippen LogP contribution in [0.3, 0.4) is 0 Å². The van der Waals surface area contributed by atoms with Crippen molar-refractivity contribution in [1.82, 2.24) is 4.98 Å². The Morgan fingerprint density at radius 3 is 2.50 bits per heavy atom. The predicted molar refractivity (Wildman–Crippen MR) is 64.4 cm³/mol. The highest BCUT2D eigenvalue weighted by atomic mass is 35.5. The lowest BCUT2D eigenvalue weighted by atomic mass is 10.1. The number of aromatic nitrogens is 1. The van der Waals surface area contributed by atoms with Crippen LogP contribution >= 0.6 is 11.6 Å². The third kappa shape index (κ3) is 2.81. The molecule has 0 aliphatic rings. The van der Waals surface area contributed by atoms with E-state index in [-0.39, 0.29) is 0 Å². The summed E-state index contributed by atoms with van der Waals surface area (Å²) < 4.78 is 0. The second-order valence-electron chi connectivity index (χ2n) is 3.60. The van der Waals surface area contributed by atoms with Gasteiger partial charge in [0.05, 0.1) is 11.8 Å². The second-order valence-corrected chi connectivity index (χ2v) is 4.04. The molecule has 0 saturated carbocycles. The van der Waals surface area contributed by atoms with Gasteiger partial charge in [-0.25, -0.2) is 0 Å². The van der Waals surface area contributed by atoms with Crippen molar-refractivity contribution in [2.45, 2.75) is 12.5 Å². The van der Waals surface area contributed by atoms with Gasteiger partial charge in [0.25, 0.3) is 0 Å². The van der Waals surface area contributed by atoms with Crippen LogP contribution in [0.2, 0.25) is 5.02 Å². The fraction of sp³-hybridized carbons (Fsp3) is 0.154. The summed E-state index contributed by atoms with van der Waals surface area (Å²) in [4.78, 5) is 4.12. The van der Waals surface area contributed by atoms with Crippen molar-refractivity contribution < 1.29 is 5.11 Å². The molecule has 2 nitrogen and oxygen atoms in total. The molecule has 16 heavy (non-hydrogen) atoms. The van der Waals surface area contributed by atoms with E-state index >= 15 is 0 Å². The van der Waals surface area contributed by atoms with Crippen LogP contribution in [0.15, 0.2) is 48.7 Å². The summed E-state index contributed by atoms with van der Waals surface area (Å²) in [6.45, 7) is 0. The lowest BCUT2D eigenvalue weighted by molar-refractivity contribution is 0.173. The molecule has 0 radical (unpaired) electrons. The summed E-state index contributed by atoms with van der Waals surface area (Å²) in [6, 6.07) is 13.0. The first-order chi connectivity index (χ1) is 7.75. The van der Waals surface area contributed by atoms with Gasteiger partial charge in [-0.05, 0) is 29.8 Å². The van der Waals surface area contributed by atoms with Crippen molar-refractivity contribution in [2.75, 3.05) is 0 Å². The Labute approximate surface area is 99.5 Å². The smallest absolute Gasteiger partial charge is 0.0999 e. The zero-order valence-corrected chi connectivity index (χ0v) is 9.43. The molecule has 1 N–H and O–H groups in total. The number of aliphatic hydroxyl groups is 1. The normalized spacial score (nSPS) is 12.4. The molecule has 0 bridgehead atoms. The molecule has 2 aromatic rings. The van der Waals surface area contributed by atoms with Gasteiger partial charge >= 0.3 is 0 Å². The SMILES string of the molecule is OC(Cc1ccc(Cl)cc1)c1ccccn1. The average molecular weight is 234 g/mol. The number of pyridine rings is 1. The summed E-state index contributed by atoms with van der Waals surface area (Å²) in [5.41, 5.74) is 1.74. The maximum absolute atomic E-state index is 9.95. The largest absolute Gasteiger partial charge is 0.386 e. The van der Waals surface area contributed by atoms with Crippen LogP contribution in [0.25, 0.3) is 0 Å². The number of nitrogens with zero attached hydrogens (tertiary/aromatic N) is 1. The lowest BCUT2D eigenvalue weighted by Gasteiger charge is -2.09. The topological polar surface area (TPSA) is 33.1 Å². The molecule has 82 valence electrons. The number of benzene rings is 1. The summed E-state index contributed by atoms with van der Waals surface area (Å²) in [7, 11) is 0. The minimum absolute atomic E-state index is 0.550. The van der Waals surface area contributed by atoms with Crippen molar-refractivity contribution in [2.24, 2.45) is 0 Å². The summed E-state index contributed by atoms with van der Waals surface area (Å²) in [5, 5.41) is 10.7. The van der Waals surface area contributed by atoms with Crippen LogP contribution in [-0.2, 0) is 6.42 Å². The van der Waals surface area contributed by atoms with E-state index in [9.17, 15) is 5.11 Å². The van der Waals surface area contributed by atoms with Crippen molar-refractivity contribution in [1.29, 1.82) is 0 Å². The fourth-order valence-electron chi connectivity index (χ4n) is 1.52. The number of hydrogen-bond acceptors (Lipinski definition) is 2. The highest BCUT2D eigenvalue weighted by molar-refractivity contribution is 6.30. The van der Waals surface area contributed by atoms with E-state index in [1.165, 1.54) is 0 Å². The van der Waals surface area contributed by atoms with E-state index in [1.54, 1.807) is 6.20 Å². The standard InChI is InChI=1S/C13H12ClNO/c14-11-6-4-10(5-7-11)9-13(16)12-3-1-2-8-15-12/h1-8,13,16H,9H2. The van der Waals surface area contributed by atoms with E-state index < -0.39 is 6.10 Å². The Balaban J connectivity index is 2.08. The first-order valence-corrected chi connectivity index (χ1v) is 5.47. The van der Waals surface area contributed by atoms with Crippen LogP contribution in [0, 0.1) is 0 Å². The Morgan fingerprint density at radius 2 is 1.88 bits per heavy atom. The van der Waals surface area contributed by atoms with Crippen molar-refractivity contribution in [3.63, 3.8) is 0 Å². The van der Waals surface area contributed by atoms with E-state index in [0.717, 1.165) is 5.56 Å². The molecule has 1 atom stereocenters. The average Bonchev–Trinajstić information content (AvgIpc) is 2.33. The zero-order valence-electron chi connectivity index (χ0n) is 8.68. The van der Waals surface area contributed by atoms with Gasteiger partial charge < -0.3 is 5.11 Å². The molecule has 3 heteroatoms. The van der Waals surface area contributed by atoms with Crippen LogP contribution in [0.4, 0.5) is 0 Å². The van der Waals surface area contributed by atoms with Gasteiger partial charge in [0, 0.05) is 17.6 Å². The zero-order chi connectivity index (χ0) is 11.4. The van der Waals surface area contributed by atoms with Crippen LogP contribution in [-0.4, -0.2) is 10.1 Å². The molecule has 0 aliphatic heterocycles. The minimum Gasteiger partial charge on any atom is -0.386 e. The number of hydrogen-bond donors (Lipinski definition) is 1. The van der Waals surface area contributed by atoms with Crippen LogP contribution < -0.4 is 0 Å². The molecule has 0 aliphatic carbocycles. The van der Waals surface area contributed by atoms with Crippen molar-refractivity contribution in [3.05, 3.63) is 64.9 Å². The van der Waals surface area contributed by atoms with E-state index in [4.69, 9.17) is 11.6 Å². The Bertz CT molecular complexity index is 441. The molecular weight excluding hydrogens is 222 g/mol. The monoisotopic (exact) mass is 233 g/mol. The Hall–Kier alpha value is -1.38. The molecule has 0 fully saturated rings. The van der Waals surface area contributed by atoms with E-state index in [1.807, 2.05) is 42.5 Å². The lowest BCUT2D eigenvalue weighted by Crippen LogP contribution is -2.03. The fourth-order valence-corrected chi connectivity index (χ4v) is 1.65. The number of halogens is 1. The highest BCUT2D eigenvalue weighted by Gasteiger charge is 2.08. The molecule has 1 aromatic carbocycles. The molecule has 1 heterocycles. The van der Waals surface area contributed by atoms with Gasteiger partial charge in [-0.2, -0.15) is 0 Å². The Kier molecular flexibility index (Phi) is 3.54. The Morgan fingerprint density at radius 1 is 1.12 bits per heavy atom. The van der Waals surface area contributed by atoms with Gasteiger partial charge in [-0.3, -0.25) is 4.98 Å². The molecular formula is C13H12ClNO. The molecule has 2 rings (SSSR count). The van der Waals surface area contributed by atoms with Gasteiger partial charge in [0.2, 0.25) is 0 Å². The molecule has 0 amide bonds. The molecule has 1 aromatic heterocycles. The number of rotatable bonds is 3. The van der Waals surface area contributed by atoms with Gasteiger partial charge in [0.15, 0.2) is 0 Å². The summed E-state index contributed by atoms with van der Waals surface area (Å²) >= 11 is 5.79. The minimum atomic E-state index is -0.567. The van der Waals surface area contributed by atoms with Crippen LogP contribution in [0.1, 0.15) is 17.4 Å². The van der Waals surface area contributed by atoms with Gasteiger partial charge in [-0.1, -0.05) is 29.8 Å². The first kappa shape index (κ1) is 11.1. The molecule has 0 spiro atoms. The van der Waals surface area contributed by atoms with Gasteiger partial charge in [-0.15, -0.1) is 0 Å². The molecule has 0 saturated heterocycles. The predicted octanol–water partition coefficient (Wildman–Crippen LogP) is 3.01. The summed E-state index contributed by atoms with van der Waals surface area (Å²) in [5.74, 6) is 0. The second kappa shape index (κ2) is 5.10. The van der Waals surface area contributed by atoms with Gasteiger partial charge in [0.1, 0.15) is 0 Å². The van der Waals surface area contributed by atoms with Crippen molar-refractivity contribution >= 4 is 11.6 Å². The quantitative estimate of drug-likeness (QED) is 0.884. The van der Waals surface area contributed by atoms with E-state index in [0.29, 0.717) is 17.1 Å². The maximum atomic E-state index is 9.95. The third-order valence-electron chi connectivity index (χ3n) is 2.37. The highest BCUT2D eigenvalue weighted by Crippen LogP contribution is 2.17. The van der Waals surface area contributed by atoms with Crippen molar-refractivity contribution in [3.8, 4) is 0 Å². The third-order valence-corrected chi connectivity index (χ3v) is 2.62. The summed E-state index contributed by atoms with van der Waals surface area (Å²) in [6.07, 6.45) is 1.66. The first-order valence-electron chi connectivity index (χ1n) is 5.09.